The summed E-state index contributed by atoms with van der Waals surface area (Å²) in [6.07, 6.45) is 1.72. The normalized spacial score (nSPS) is 11.0. The highest BCUT2D eigenvalue weighted by Gasteiger charge is 2.09. The molecular formula is C21H24ClN3OS. The second kappa shape index (κ2) is 9.29. The van der Waals surface area contributed by atoms with Gasteiger partial charge in [0.15, 0.2) is 5.16 Å². The third-order valence-electron chi connectivity index (χ3n) is 4.35. The van der Waals surface area contributed by atoms with Gasteiger partial charge in [0.05, 0.1) is 6.61 Å². The summed E-state index contributed by atoms with van der Waals surface area (Å²) in [6, 6.07) is 14.3. The van der Waals surface area contributed by atoms with E-state index in [9.17, 15) is 0 Å². The molecule has 1 aromatic heterocycles. The molecule has 0 fully saturated rings. The highest BCUT2D eigenvalue weighted by Crippen LogP contribution is 2.23. The number of rotatable bonds is 8. The quantitative estimate of drug-likeness (QED) is 0.374. The highest BCUT2D eigenvalue weighted by molar-refractivity contribution is 7.98. The fourth-order valence-electron chi connectivity index (χ4n) is 2.71. The second-order valence-electron chi connectivity index (χ2n) is 6.59. The summed E-state index contributed by atoms with van der Waals surface area (Å²) >= 11 is 7.69. The Morgan fingerprint density at radius 1 is 1.07 bits per heavy atom. The van der Waals surface area contributed by atoms with Crippen molar-refractivity contribution in [3.8, 4) is 5.75 Å². The first-order chi connectivity index (χ1) is 13.0. The molecule has 142 valence electrons. The summed E-state index contributed by atoms with van der Waals surface area (Å²) in [5.74, 6) is 2.76. The smallest absolute Gasteiger partial charge is 0.191 e. The molecule has 0 saturated carbocycles. The first-order valence-corrected chi connectivity index (χ1v) is 10.3. The minimum atomic E-state index is 0.640. The summed E-state index contributed by atoms with van der Waals surface area (Å²) in [7, 11) is 2.02. The largest absolute Gasteiger partial charge is 0.493 e. The fraction of sp³-hybridized carbons (Fsp3) is 0.333. The van der Waals surface area contributed by atoms with E-state index in [-0.39, 0.29) is 0 Å². The summed E-state index contributed by atoms with van der Waals surface area (Å²) in [5.41, 5.74) is 3.62. The van der Waals surface area contributed by atoms with Crippen LogP contribution in [0.3, 0.4) is 0 Å². The number of aromatic nitrogens is 3. The van der Waals surface area contributed by atoms with Crippen molar-refractivity contribution in [2.45, 2.75) is 37.6 Å². The van der Waals surface area contributed by atoms with Crippen LogP contribution in [-0.4, -0.2) is 21.4 Å². The number of halogens is 1. The van der Waals surface area contributed by atoms with Gasteiger partial charge >= 0.3 is 0 Å². The van der Waals surface area contributed by atoms with Crippen LogP contribution in [0.5, 0.6) is 5.75 Å². The van der Waals surface area contributed by atoms with Gasteiger partial charge in [-0.25, -0.2) is 0 Å². The summed E-state index contributed by atoms with van der Waals surface area (Å²) < 4.78 is 7.93. The van der Waals surface area contributed by atoms with E-state index in [1.807, 2.05) is 32.2 Å². The molecule has 0 amide bonds. The van der Waals surface area contributed by atoms with Crippen LogP contribution in [-0.2, 0) is 19.2 Å². The van der Waals surface area contributed by atoms with Gasteiger partial charge in [0, 0.05) is 24.2 Å². The molecule has 0 saturated heterocycles. The van der Waals surface area contributed by atoms with Gasteiger partial charge in [0.2, 0.25) is 0 Å². The molecule has 0 aliphatic heterocycles. The molecule has 3 rings (SSSR count). The molecule has 0 spiro atoms. The molecule has 0 bridgehead atoms. The van der Waals surface area contributed by atoms with Gasteiger partial charge in [-0.1, -0.05) is 53.2 Å². The van der Waals surface area contributed by atoms with Crippen LogP contribution in [0.4, 0.5) is 0 Å². The molecule has 0 aliphatic rings. The maximum absolute atomic E-state index is 5.97. The van der Waals surface area contributed by atoms with Crippen LogP contribution in [0.2, 0.25) is 5.02 Å². The molecule has 1 heterocycles. The van der Waals surface area contributed by atoms with Crippen molar-refractivity contribution in [3.63, 3.8) is 0 Å². The topological polar surface area (TPSA) is 39.9 Å². The number of hydrogen-bond acceptors (Lipinski definition) is 4. The minimum Gasteiger partial charge on any atom is -0.493 e. The molecule has 6 heteroatoms. The number of benzene rings is 2. The number of nitrogens with zero attached hydrogens (tertiary/aromatic N) is 3. The van der Waals surface area contributed by atoms with E-state index < -0.39 is 0 Å². The van der Waals surface area contributed by atoms with Gasteiger partial charge in [-0.3, -0.25) is 0 Å². The highest BCUT2D eigenvalue weighted by atomic mass is 35.5. The van der Waals surface area contributed by atoms with E-state index in [0.29, 0.717) is 6.61 Å². The molecular weight excluding hydrogens is 378 g/mol. The lowest BCUT2D eigenvalue weighted by Crippen LogP contribution is -2.04. The van der Waals surface area contributed by atoms with Crippen molar-refractivity contribution in [3.05, 3.63) is 70.0 Å². The third kappa shape index (κ3) is 5.50. The van der Waals surface area contributed by atoms with Gasteiger partial charge in [-0.15, -0.1) is 10.2 Å². The number of aryl methyl sites for hydroxylation is 3. The molecule has 3 aromatic rings. The Hall–Kier alpha value is -1.98. The van der Waals surface area contributed by atoms with Crippen molar-refractivity contribution in [2.24, 2.45) is 7.05 Å². The van der Waals surface area contributed by atoms with Crippen LogP contribution in [0.25, 0.3) is 0 Å². The Bertz CT molecular complexity index is 893. The van der Waals surface area contributed by atoms with Gasteiger partial charge in [0.1, 0.15) is 11.6 Å². The zero-order valence-corrected chi connectivity index (χ0v) is 17.5. The molecule has 0 unspecified atom stereocenters. The second-order valence-corrected chi connectivity index (χ2v) is 7.97. The van der Waals surface area contributed by atoms with Gasteiger partial charge in [-0.05, 0) is 49.6 Å². The van der Waals surface area contributed by atoms with Crippen LogP contribution in [0.1, 0.15) is 28.9 Å². The number of ether oxygens (including phenoxy) is 1. The predicted molar refractivity (Wildman–Crippen MR) is 112 cm³/mol. The summed E-state index contributed by atoms with van der Waals surface area (Å²) in [4.78, 5) is 0. The molecule has 0 N–H and O–H groups in total. The molecule has 0 radical (unpaired) electrons. The number of hydrogen-bond donors (Lipinski definition) is 0. The lowest BCUT2D eigenvalue weighted by molar-refractivity contribution is 0.307. The average molecular weight is 402 g/mol. The van der Waals surface area contributed by atoms with E-state index >= 15 is 0 Å². The monoisotopic (exact) mass is 401 g/mol. The van der Waals surface area contributed by atoms with Crippen molar-refractivity contribution >= 4 is 23.4 Å². The van der Waals surface area contributed by atoms with Crippen LogP contribution < -0.4 is 4.74 Å². The summed E-state index contributed by atoms with van der Waals surface area (Å²) in [6.45, 7) is 4.74. The Morgan fingerprint density at radius 3 is 2.59 bits per heavy atom. The molecule has 2 aromatic carbocycles. The summed E-state index contributed by atoms with van der Waals surface area (Å²) in [5, 5.41) is 10.3. The van der Waals surface area contributed by atoms with E-state index in [1.165, 1.54) is 11.1 Å². The lowest BCUT2D eigenvalue weighted by atomic mass is 10.2. The first-order valence-electron chi connectivity index (χ1n) is 8.98. The van der Waals surface area contributed by atoms with Gasteiger partial charge in [-0.2, -0.15) is 0 Å². The molecule has 4 nitrogen and oxygen atoms in total. The van der Waals surface area contributed by atoms with Gasteiger partial charge < -0.3 is 9.30 Å². The zero-order valence-electron chi connectivity index (χ0n) is 15.9. The van der Waals surface area contributed by atoms with Crippen LogP contribution >= 0.6 is 23.4 Å². The van der Waals surface area contributed by atoms with Crippen LogP contribution in [0.15, 0.2) is 47.6 Å². The van der Waals surface area contributed by atoms with Gasteiger partial charge in [0.25, 0.3) is 0 Å². The van der Waals surface area contributed by atoms with Crippen molar-refractivity contribution < 1.29 is 4.74 Å². The zero-order chi connectivity index (χ0) is 19.2. The minimum absolute atomic E-state index is 0.640. The Morgan fingerprint density at radius 2 is 1.85 bits per heavy atom. The van der Waals surface area contributed by atoms with Crippen molar-refractivity contribution in [1.82, 2.24) is 14.8 Å². The number of thioether (sulfide) groups is 1. The van der Waals surface area contributed by atoms with Crippen LogP contribution in [0, 0.1) is 13.8 Å². The Balaban J connectivity index is 1.47. The standard InChI is InChI=1S/C21H24ClN3OS/c1-15-6-8-17(9-7-15)14-27-21-24-23-20(25(21)3)5-4-12-26-19-11-10-18(22)13-16(19)2/h6-11,13H,4-5,12,14H2,1-3H3. The van der Waals surface area contributed by atoms with E-state index in [2.05, 4.69) is 46.0 Å². The maximum atomic E-state index is 5.97. The first kappa shape index (κ1) is 19.8. The lowest BCUT2D eigenvalue weighted by Gasteiger charge is -2.09. The third-order valence-corrected chi connectivity index (χ3v) is 5.68. The van der Waals surface area contributed by atoms with Crippen molar-refractivity contribution in [2.75, 3.05) is 6.61 Å². The van der Waals surface area contributed by atoms with E-state index in [4.69, 9.17) is 16.3 Å². The average Bonchev–Trinajstić information content (AvgIpc) is 3.00. The Labute approximate surface area is 169 Å². The molecule has 27 heavy (non-hydrogen) atoms. The molecule has 0 aliphatic carbocycles. The maximum Gasteiger partial charge on any atom is 0.191 e. The van der Waals surface area contributed by atoms with Crippen molar-refractivity contribution in [1.29, 1.82) is 0 Å². The fourth-order valence-corrected chi connectivity index (χ4v) is 3.82. The SMILES string of the molecule is Cc1ccc(CSc2nnc(CCCOc3ccc(Cl)cc3C)n2C)cc1. The molecule has 0 atom stereocenters. The van der Waals surface area contributed by atoms with E-state index in [0.717, 1.165) is 45.9 Å². The Kier molecular flexibility index (Phi) is 6.80. The predicted octanol–water partition coefficient (Wildman–Crippen LogP) is 5.39. The van der Waals surface area contributed by atoms with E-state index in [1.54, 1.807) is 11.8 Å².